The summed E-state index contributed by atoms with van der Waals surface area (Å²) in [7, 11) is -0.794. The molecule has 1 aliphatic rings. The molecule has 1 aliphatic heterocycles. The normalized spacial score (nSPS) is 14.0. The van der Waals surface area contributed by atoms with E-state index in [9.17, 15) is 18.0 Å². The third kappa shape index (κ3) is 5.10. The molecule has 1 aromatic heterocycles. The second kappa shape index (κ2) is 9.18. The summed E-state index contributed by atoms with van der Waals surface area (Å²) >= 11 is 0. The molecular weight excluding hydrogens is 410 g/mol. The molecule has 2 aromatic rings. The number of hydrogen-bond donors (Lipinski definition) is 1. The number of aromatic nitrogens is 2. The van der Waals surface area contributed by atoms with Crippen molar-refractivity contribution >= 4 is 33.4 Å². The van der Waals surface area contributed by atoms with Gasteiger partial charge >= 0.3 is 5.97 Å². The molecule has 160 valence electrons. The Hall–Kier alpha value is -3.05. The smallest absolute Gasteiger partial charge is 0.359 e. The van der Waals surface area contributed by atoms with Crippen LogP contribution in [0.5, 0.6) is 0 Å². The molecule has 1 fully saturated rings. The Kier molecular flexibility index (Phi) is 6.63. The number of rotatable bonds is 7. The number of carbonyl (C=O) groups is 2. The number of sulfonamides is 1. The number of esters is 1. The van der Waals surface area contributed by atoms with Crippen molar-refractivity contribution in [3.05, 3.63) is 42.1 Å². The Morgan fingerprint density at radius 1 is 1.13 bits per heavy atom. The standard InChI is InChI=1S/C19H23N5O5S/c1-23(2)30(27,28)15-7-5-6-14(12-15)20-18(25)13-29-19(26)16-8-9-17(22-21-16)24-10-3-4-11-24/h5-9,12H,3-4,10-11,13H2,1-2H3,(H,20,25). The molecule has 1 saturated heterocycles. The van der Waals surface area contributed by atoms with E-state index in [0.717, 1.165) is 30.2 Å². The van der Waals surface area contributed by atoms with Crippen LogP contribution in [0.4, 0.5) is 11.5 Å². The predicted molar refractivity (Wildman–Crippen MR) is 110 cm³/mol. The van der Waals surface area contributed by atoms with Crippen molar-refractivity contribution < 1.29 is 22.7 Å². The van der Waals surface area contributed by atoms with Crippen molar-refractivity contribution in [2.75, 3.05) is 44.0 Å². The lowest BCUT2D eigenvalue weighted by Crippen LogP contribution is -2.23. The van der Waals surface area contributed by atoms with Gasteiger partial charge in [0.1, 0.15) is 0 Å². The van der Waals surface area contributed by atoms with Crippen LogP contribution in [0.3, 0.4) is 0 Å². The van der Waals surface area contributed by atoms with Gasteiger partial charge in [0.05, 0.1) is 4.90 Å². The van der Waals surface area contributed by atoms with Gasteiger partial charge in [-0.1, -0.05) is 6.07 Å². The maximum Gasteiger partial charge on any atom is 0.359 e. The predicted octanol–water partition coefficient (Wildman–Crippen LogP) is 1.12. The monoisotopic (exact) mass is 433 g/mol. The van der Waals surface area contributed by atoms with Crippen LogP contribution in [0.2, 0.25) is 0 Å². The molecule has 0 bridgehead atoms. The Morgan fingerprint density at radius 2 is 1.87 bits per heavy atom. The summed E-state index contributed by atoms with van der Waals surface area (Å²) in [6.45, 7) is 1.28. The van der Waals surface area contributed by atoms with E-state index in [1.54, 1.807) is 6.07 Å². The molecule has 1 amide bonds. The van der Waals surface area contributed by atoms with E-state index in [-0.39, 0.29) is 16.3 Å². The fraction of sp³-hybridized carbons (Fsp3) is 0.368. The summed E-state index contributed by atoms with van der Waals surface area (Å²) in [4.78, 5) is 26.3. The van der Waals surface area contributed by atoms with E-state index in [1.807, 2.05) is 0 Å². The first-order chi connectivity index (χ1) is 14.3. The van der Waals surface area contributed by atoms with Crippen LogP contribution >= 0.6 is 0 Å². The molecule has 1 aromatic carbocycles. The van der Waals surface area contributed by atoms with Crippen molar-refractivity contribution in [2.45, 2.75) is 17.7 Å². The first kappa shape index (κ1) is 21.7. The van der Waals surface area contributed by atoms with E-state index in [2.05, 4.69) is 20.4 Å². The highest BCUT2D eigenvalue weighted by atomic mass is 32.2. The van der Waals surface area contributed by atoms with Gasteiger partial charge in [-0.25, -0.2) is 17.5 Å². The second-order valence-corrected chi connectivity index (χ2v) is 9.06. The Labute approximate surface area is 174 Å². The first-order valence-corrected chi connectivity index (χ1v) is 10.8. The maximum atomic E-state index is 12.2. The summed E-state index contributed by atoms with van der Waals surface area (Å²) in [5.41, 5.74) is 0.276. The van der Waals surface area contributed by atoms with Crippen LogP contribution in [0.1, 0.15) is 23.3 Å². The minimum atomic E-state index is -3.63. The van der Waals surface area contributed by atoms with Crippen molar-refractivity contribution in [1.29, 1.82) is 0 Å². The van der Waals surface area contributed by atoms with Gasteiger partial charge in [-0.05, 0) is 43.2 Å². The molecular formula is C19H23N5O5S. The average molecular weight is 433 g/mol. The number of nitrogens with one attached hydrogen (secondary N) is 1. The number of hydrogen-bond acceptors (Lipinski definition) is 8. The van der Waals surface area contributed by atoms with Gasteiger partial charge in [0, 0.05) is 32.9 Å². The fourth-order valence-electron chi connectivity index (χ4n) is 2.90. The number of ether oxygens (including phenoxy) is 1. The van der Waals surface area contributed by atoms with Gasteiger partial charge < -0.3 is 15.0 Å². The molecule has 30 heavy (non-hydrogen) atoms. The Bertz CT molecular complexity index is 1020. The Morgan fingerprint density at radius 3 is 2.50 bits per heavy atom. The molecule has 1 N–H and O–H groups in total. The highest BCUT2D eigenvalue weighted by Gasteiger charge is 2.19. The van der Waals surface area contributed by atoms with Crippen LogP contribution in [-0.2, 0) is 19.6 Å². The number of carbonyl (C=O) groups excluding carboxylic acids is 2. The zero-order chi connectivity index (χ0) is 21.7. The average Bonchev–Trinajstić information content (AvgIpc) is 3.27. The summed E-state index contributed by atoms with van der Waals surface area (Å²) in [6, 6.07) is 9.02. The van der Waals surface area contributed by atoms with Crippen LogP contribution in [0, 0.1) is 0 Å². The molecule has 0 aliphatic carbocycles. The van der Waals surface area contributed by atoms with Crippen LogP contribution in [0.25, 0.3) is 0 Å². The zero-order valence-electron chi connectivity index (χ0n) is 16.7. The van der Waals surface area contributed by atoms with E-state index in [4.69, 9.17) is 4.74 Å². The quantitative estimate of drug-likeness (QED) is 0.645. The zero-order valence-corrected chi connectivity index (χ0v) is 17.6. The van der Waals surface area contributed by atoms with Gasteiger partial charge in [0.2, 0.25) is 10.0 Å². The Balaban J connectivity index is 1.55. The van der Waals surface area contributed by atoms with Gasteiger partial charge in [-0.2, -0.15) is 0 Å². The topological polar surface area (TPSA) is 122 Å². The summed E-state index contributed by atoms with van der Waals surface area (Å²) in [5, 5.41) is 10.4. The van der Waals surface area contributed by atoms with Crippen molar-refractivity contribution in [1.82, 2.24) is 14.5 Å². The van der Waals surface area contributed by atoms with Crippen molar-refractivity contribution in [3.63, 3.8) is 0 Å². The molecule has 0 spiro atoms. The van der Waals surface area contributed by atoms with E-state index in [1.165, 1.54) is 44.4 Å². The highest BCUT2D eigenvalue weighted by Crippen LogP contribution is 2.18. The largest absolute Gasteiger partial charge is 0.451 e. The number of amides is 1. The molecule has 2 heterocycles. The van der Waals surface area contributed by atoms with Gasteiger partial charge in [0.25, 0.3) is 5.91 Å². The van der Waals surface area contributed by atoms with Crippen LogP contribution in [-0.4, -0.2) is 68.6 Å². The SMILES string of the molecule is CN(C)S(=O)(=O)c1cccc(NC(=O)COC(=O)c2ccc(N3CCCC3)nn2)c1. The summed E-state index contributed by atoms with van der Waals surface area (Å²) < 4.78 is 30.4. The van der Waals surface area contributed by atoms with Gasteiger partial charge in [0.15, 0.2) is 18.1 Å². The van der Waals surface area contributed by atoms with Crippen molar-refractivity contribution in [2.24, 2.45) is 0 Å². The summed E-state index contributed by atoms with van der Waals surface area (Å²) in [6.07, 6.45) is 2.20. The minimum Gasteiger partial charge on any atom is -0.451 e. The molecule has 0 unspecified atom stereocenters. The van der Waals surface area contributed by atoms with Crippen molar-refractivity contribution in [3.8, 4) is 0 Å². The second-order valence-electron chi connectivity index (χ2n) is 6.91. The maximum absolute atomic E-state index is 12.2. The molecule has 0 atom stereocenters. The van der Waals surface area contributed by atoms with Crippen LogP contribution < -0.4 is 10.2 Å². The fourth-order valence-corrected chi connectivity index (χ4v) is 3.84. The third-order valence-corrected chi connectivity index (χ3v) is 6.33. The summed E-state index contributed by atoms with van der Waals surface area (Å²) in [5.74, 6) is -0.673. The lowest BCUT2D eigenvalue weighted by molar-refractivity contribution is -0.119. The van der Waals surface area contributed by atoms with Gasteiger partial charge in [-0.3, -0.25) is 4.79 Å². The highest BCUT2D eigenvalue weighted by molar-refractivity contribution is 7.89. The number of anilines is 2. The van der Waals surface area contributed by atoms with E-state index >= 15 is 0 Å². The molecule has 0 saturated carbocycles. The minimum absolute atomic E-state index is 0.00446. The third-order valence-electron chi connectivity index (χ3n) is 4.52. The molecule has 10 nitrogen and oxygen atoms in total. The lowest BCUT2D eigenvalue weighted by atomic mass is 10.3. The molecule has 11 heteroatoms. The first-order valence-electron chi connectivity index (χ1n) is 9.35. The molecule has 3 rings (SSSR count). The van der Waals surface area contributed by atoms with Crippen LogP contribution in [0.15, 0.2) is 41.3 Å². The number of nitrogens with zero attached hydrogens (tertiary/aromatic N) is 4. The van der Waals surface area contributed by atoms with E-state index < -0.39 is 28.5 Å². The lowest BCUT2D eigenvalue weighted by Gasteiger charge is -2.15. The van der Waals surface area contributed by atoms with Gasteiger partial charge in [-0.15, -0.1) is 10.2 Å². The van der Waals surface area contributed by atoms with E-state index in [0.29, 0.717) is 5.82 Å². The number of benzene rings is 1. The molecule has 0 radical (unpaired) electrons.